The van der Waals surface area contributed by atoms with E-state index in [1.54, 1.807) is 14.2 Å². The third-order valence-corrected chi connectivity index (χ3v) is 7.78. The Morgan fingerprint density at radius 2 is 1.90 bits per heavy atom. The van der Waals surface area contributed by atoms with E-state index >= 15 is 0 Å². The van der Waals surface area contributed by atoms with Crippen molar-refractivity contribution in [2.45, 2.75) is 57.9 Å². The van der Waals surface area contributed by atoms with Gasteiger partial charge in [0.25, 0.3) is 0 Å². The first-order valence-electron chi connectivity index (χ1n) is 8.12. The standard InChI is InChI=1S/C15H32N2O2Si/c1-4-5-6-7-8-9-11-16-12-14-17-13-10-15-20(17,18-2)19-3/h11H,4-10,12-15H2,1-3H3. The Morgan fingerprint density at radius 1 is 1.15 bits per heavy atom. The lowest BCUT2D eigenvalue weighted by molar-refractivity contribution is 0.184. The van der Waals surface area contributed by atoms with Crippen LogP contribution in [0.5, 0.6) is 0 Å². The number of hydrogen-bond acceptors (Lipinski definition) is 4. The Morgan fingerprint density at radius 3 is 2.60 bits per heavy atom. The van der Waals surface area contributed by atoms with Gasteiger partial charge in [0, 0.05) is 26.8 Å². The Kier molecular flexibility index (Phi) is 9.34. The van der Waals surface area contributed by atoms with Gasteiger partial charge in [-0.1, -0.05) is 32.6 Å². The maximum Gasteiger partial charge on any atom is 0.427 e. The summed E-state index contributed by atoms with van der Waals surface area (Å²) in [6, 6.07) is 1.08. The van der Waals surface area contributed by atoms with Crippen molar-refractivity contribution in [3.8, 4) is 0 Å². The third kappa shape index (κ3) is 5.64. The lowest BCUT2D eigenvalue weighted by Crippen LogP contribution is -2.53. The molecule has 1 fully saturated rings. The highest BCUT2D eigenvalue weighted by molar-refractivity contribution is 6.65. The summed E-state index contributed by atoms with van der Waals surface area (Å²) in [7, 11) is 1.53. The molecule has 1 rings (SSSR count). The minimum atomic E-state index is -2.04. The molecule has 0 unspecified atom stereocenters. The second-order valence-corrected chi connectivity index (χ2v) is 8.88. The lowest BCUT2D eigenvalue weighted by Gasteiger charge is -2.31. The Labute approximate surface area is 125 Å². The SMILES string of the molecule is CCCCCCCC=NCCN1CCC[Si]1(OC)OC. The van der Waals surface area contributed by atoms with Crippen molar-refractivity contribution in [2.24, 2.45) is 4.99 Å². The van der Waals surface area contributed by atoms with Crippen molar-refractivity contribution in [2.75, 3.05) is 33.9 Å². The zero-order valence-corrected chi connectivity index (χ0v) is 14.6. The average Bonchev–Trinajstić information content (AvgIpc) is 2.89. The monoisotopic (exact) mass is 300 g/mol. The van der Waals surface area contributed by atoms with Gasteiger partial charge in [0.2, 0.25) is 0 Å². The van der Waals surface area contributed by atoms with Crippen LogP contribution in [0.25, 0.3) is 0 Å². The molecular weight excluding hydrogens is 268 g/mol. The van der Waals surface area contributed by atoms with Crippen molar-refractivity contribution < 1.29 is 8.85 Å². The minimum Gasteiger partial charge on any atom is -0.386 e. The number of nitrogens with zero attached hydrogens (tertiary/aromatic N) is 2. The third-order valence-electron chi connectivity index (χ3n) is 4.11. The fourth-order valence-corrected chi connectivity index (χ4v) is 5.80. The molecule has 1 aliphatic rings. The molecule has 0 saturated carbocycles. The smallest absolute Gasteiger partial charge is 0.386 e. The van der Waals surface area contributed by atoms with E-state index in [1.165, 1.54) is 38.5 Å². The van der Waals surface area contributed by atoms with E-state index in [-0.39, 0.29) is 0 Å². The van der Waals surface area contributed by atoms with Gasteiger partial charge in [-0.3, -0.25) is 9.56 Å². The molecule has 0 aromatic rings. The predicted octanol–water partition coefficient (Wildman–Crippen LogP) is 3.36. The van der Waals surface area contributed by atoms with Gasteiger partial charge in [-0.05, 0) is 32.0 Å². The van der Waals surface area contributed by atoms with Gasteiger partial charge in [0.15, 0.2) is 0 Å². The molecule has 4 nitrogen and oxygen atoms in total. The Hall–Kier alpha value is -0.233. The molecule has 0 amide bonds. The van der Waals surface area contributed by atoms with Crippen molar-refractivity contribution in [3.05, 3.63) is 0 Å². The van der Waals surface area contributed by atoms with Gasteiger partial charge in [-0.25, -0.2) is 0 Å². The van der Waals surface area contributed by atoms with Crippen LogP contribution in [0.2, 0.25) is 6.04 Å². The van der Waals surface area contributed by atoms with Gasteiger partial charge >= 0.3 is 8.72 Å². The van der Waals surface area contributed by atoms with Crippen LogP contribution >= 0.6 is 0 Å². The molecule has 0 spiro atoms. The molecular formula is C15H32N2O2Si. The quantitative estimate of drug-likeness (QED) is 0.333. The predicted molar refractivity (Wildman–Crippen MR) is 87.5 cm³/mol. The van der Waals surface area contributed by atoms with Crippen LogP contribution < -0.4 is 0 Å². The van der Waals surface area contributed by atoms with E-state index in [9.17, 15) is 0 Å². The summed E-state index contributed by atoms with van der Waals surface area (Å²) < 4.78 is 13.8. The molecule has 5 heteroatoms. The van der Waals surface area contributed by atoms with E-state index < -0.39 is 8.72 Å². The molecule has 0 bridgehead atoms. The van der Waals surface area contributed by atoms with Crippen LogP contribution in [-0.4, -0.2) is 53.4 Å². The second-order valence-electron chi connectivity index (χ2n) is 5.50. The van der Waals surface area contributed by atoms with E-state index in [0.717, 1.165) is 32.1 Å². The molecule has 0 aromatic carbocycles. The largest absolute Gasteiger partial charge is 0.427 e. The lowest BCUT2D eigenvalue weighted by atomic mass is 10.1. The molecule has 0 radical (unpaired) electrons. The average molecular weight is 301 g/mol. The normalized spacial score (nSPS) is 19.1. The summed E-state index contributed by atoms with van der Waals surface area (Å²) in [6.07, 6.45) is 11.1. The maximum atomic E-state index is 5.68. The second kappa shape index (κ2) is 10.5. The van der Waals surface area contributed by atoms with Gasteiger partial charge in [-0.15, -0.1) is 0 Å². The Balaban J connectivity index is 2.11. The Bertz CT molecular complexity index is 271. The van der Waals surface area contributed by atoms with Gasteiger partial charge in [0.05, 0.1) is 6.54 Å². The highest BCUT2D eigenvalue weighted by Crippen LogP contribution is 2.26. The van der Waals surface area contributed by atoms with Gasteiger partial charge < -0.3 is 8.85 Å². The molecule has 0 aliphatic carbocycles. The highest BCUT2D eigenvalue weighted by atomic mass is 28.4. The first-order valence-corrected chi connectivity index (χ1v) is 10.1. The maximum absolute atomic E-state index is 5.68. The van der Waals surface area contributed by atoms with E-state index in [2.05, 4.69) is 22.7 Å². The molecule has 118 valence electrons. The van der Waals surface area contributed by atoms with Crippen LogP contribution in [0.1, 0.15) is 51.9 Å². The molecule has 1 saturated heterocycles. The molecule has 1 heterocycles. The van der Waals surface area contributed by atoms with Crippen molar-refractivity contribution in [1.82, 2.24) is 4.57 Å². The van der Waals surface area contributed by atoms with Crippen LogP contribution in [0.15, 0.2) is 4.99 Å². The fourth-order valence-electron chi connectivity index (χ4n) is 2.85. The van der Waals surface area contributed by atoms with Crippen LogP contribution in [0, 0.1) is 0 Å². The first kappa shape index (κ1) is 17.8. The van der Waals surface area contributed by atoms with E-state index in [1.807, 2.05) is 0 Å². The summed E-state index contributed by atoms with van der Waals surface area (Å²) in [5.41, 5.74) is 0. The number of aliphatic imine (C=N–C) groups is 1. The zero-order valence-electron chi connectivity index (χ0n) is 13.6. The molecule has 20 heavy (non-hydrogen) atoms. The van der Waals surface area contributed by atoms with Gasteiger partial charge in [0.1, 0.15) is 0 Å². The minimum absolute atomic E-state index is 0.871. The summed E-state index contributed by atoms with van der Waals surface area (Å²) in [5, 5.41) is 0. The molecule has 0 atom stereocenters. The number of rotatable bonds is 11. The van der Waals surface area contributed by atoms with Crippen LogP contribution in [0.3, 0.4) is 0 Å². The molecule has 1 aliphatic heterocycles. The topological polar surface area (TPSA) is 34.1 Å². The fraction of sp³-hybridized carbons (Fsp3) is 0.933. The first-order chi connectivity index (χ1) is 9.79. The van der Waals surface area contributed by atoms with E-state index in [4.69, 9.17) is 8.85 Å². The summed E-state index contributed by atoms with van der Waals surface area (Å²) >= 11 is 0. The number of unbranched alkanes of at least 4 members (excludes halogenated alkanes) is 5. The van der Waals surface area contributed by atoms with Crippen molar-refractivity contribution in [1.29, 1.82) is 0 Å². The highest BCUT2D eigenvalue weighted by Gasteiger charge is 2.46. The van der Waals surface area contributed by atoms with E-state index in [0.29, 0.717) is 0 Å². The zero-order chi connectivity index (χ0) is 14.7. The van der Waals surface area contributed by atoms with Crippen LogP contribution in [-0.2, 0) is 8.85 Å². The molecule has 0 aromatic heterocycles. The van der Waals surface area contributed by atoms with Crippen molar-refractivity contribution >= 4 is 14.9 Å². The number of hydrogen-bond donors (Lipinski definition) is 0. The summed E-state index contributed by atoms with van der Waals surface area (Å²) in [4.78, 5) is 4.53. The summed E-state index contributed by atoms with van der Waals surface area (Å²) in [5.74, 6) is 0. The molecule has 0 N–H and O–H groups in total. The van der Waals surface area contributed by atoms with Gasteiger partial charge in [-0.2, -0.15) is 0 Å². The van der Waals surface area contributed by atoms with Crippen LogP contribution in [0.4, 0.5) is 0 Å². The summed E-state index contributed by atoms with van der Waals surface area (Å²) in [6.45, 7) is 5.19. The van der Waals surface area contributed by atoms with Crippen molar-refractivity contribution in [3.63, 3.8) is 0 Å².